The Hall–Kier alpha value is -2.76. The second-order valence-electron chi connectivity index (χ2n) is 5.19. The van der Waals surface area contributed by atoms with Crippen molar-refractivity contribution in [2.75, 3.05) is 19.7 Å². The lowest BCUT2D eigenvalue weighted by Gasteiger charge is -2.20. The Bertz CT molecular complexity index is 743. The van der Waals surface area contributed by atoms with Gasteiger partial charge in [0.1, 0.15) is 0 Å². The molecule has 2 aromatic rings. The zero-order valence-electron chi connectivity index (χ0n) is 13.3. The predicted molar refractivity (Wildman–Crippen MR) is 86.9 cm³/mol. The third-order valence-corrected chi connectivity index (χ3v) is 3.18. The first kappa shape index (κ1) is 16.6. The van der Waals surface area contributed by atoms with Crippen molar-refractivity contribution >= 4 is 22.9 Å². The fourth-order valence-corrected chi connectivity index (χ4v) is 2.05. The van der Waals surface area contributed by atoms with Crippen LogP contribution in [0.25, 0.3) is 11.0 Å². The molecule has 0 saturated carbocycles. The number of likely N-dealkylation sites (N-methyl/N-ethyl adjacent to an activating group) is 1. The van der Waals surface area contributed by atoms with Crippen molar-refractivity contribution in [2.45, 2.75) is 13.8 Å². The van der Waals surface area contributed by atoms with E-state index in [1.807, 2.05) is 26.0 Å². The molecule has 0 aliphatic rings. The maximum absolute atomic E-state index is 12.0. The van der Waals surface area contributed by atoms with Gasteiger partial charge in [0.05, 0.1) is 17.2 Å². The monoisotopic (exact) mass is 313 g/mol. The SMILES string of the molecule is C=C(C)CN(CC)C(=O)COC(=O)c1cnc2ccccc2n1. The van der Waals surface area contributed by atoms with Gasteiger partial charge in [-0.05, 0) is 26.0 Å². The highest BCUT2D eigenvalue weighted by atomic mass is 16.5. The quantitative estimate of drug-likeness (QED) is 0.604. The number of hydrogen-bond acceptors (Lipinski definition) is 5. The van der Waals surface area contributed by atoms with Crippen molar-refractivity contribution in [1.82, 2.24) is 14.9 Å². The smallest absolute Gasteiger partial charge is 0.359 e. The summed E-state index contributed by atoms with van der Waals surface area (Å²) < 4.78 is 5.04. The second-order valence-corrected chi connectivity index (χ2v) is 5.19. The van der Waals surface area contributed by atoms with Crippen molar-refractivity contribution in [3.8, 4) is 0 Å². The van der Waals surface area contributed by atoms with E-state index in [2.05, 4.69) is 16.5 Å². The fraction of sp³-hybridized carbons (Fsp3) is 0.294. The summed E-state index contributed by atoms with van der Waals surface area (Å²) in [6.07, 6.45) is 1.35. The normalized spacial score (nSPS) is 10.3. The van der Waals surface area contributed by atoms with Gasteiger partial charge in [0.25, 0.3) is 5.91 Å². The molecular weight excluding hydrogens is 294 g/mol. The standard InChI is InChI=1S/C17H19N3O3/c1-4-20(10-12(2)3)16(21)11-23-17(22)15-9-18-13-7-5-6-8-14(13)19-15/h5-9H,2,4,10-11H2,1,3H3. The maximum atomic E-state index is 12.0. The van der Waals surface area contributed by atoms with Crippen LogP contribution in [0, 0.1) is 0 Å². The van der Waals surface area contributed by atoms with Crippen molar-refractivity contribution < 1.29 is 14.3 Å². The number of carbonyl (C=O) groups excluding carboxylic acids is 2. The third-order valence-electron chi connectivity index (χ3n) is 3.18. The Morgan fingerprint density at radius 3 is 2.61 bits per heavy atom. The van der Waals surface area contributed by atoms with Crippen molar-refractivity contribution in [3.63, 3.8) is 0 Å². The van der Waals surface area contributed by atoms with E-state index < -0.39 is 5.97 Å². The molecule has 0 atom stereocenters. The third kappa shape index (κ3) is 4.35. The van der Waals surface area contributed by atoms with Crippen LogP contribution in [0.15, 0.2) is 42.6 Å². The summed E-state index contributed by atoms with van der Waals surface area (Å²) in [7, 11) is 0. The van der Waals surface area contributed by atoms with E-state index in [1.54, 1.807) is 17.0 Å². The number of para-hydroxylation sites is 2. The van der Waals surface area contributed by atoms with Crippen LogP contribution in [0.5, 0.6) is 0 Å². The van der Waals surface area contributed by atoms with Gasteiger partial charge in [0, 0.05) is 13.1 Å². The first-order valence-electron chi connectivity index (χ1n) is 7.32. The molecule has 6 nitrogen and oxygen atoms in total. The van der Waals surface area contributed by atoms with Gasteiger partial charge >= 0.3 is 5.97 Å². The first-order chi connectivity index (χ1) is 11.0. The molecule has 6 heteroatoms. The molecule has 0 spiro atoms. The Kier molecular flexibility index (Phi) is 5.41. The van der Waals surface area contributed by atoms with Crippen LogP contribution in [0.4, 0.5) is 0 Å². The minimum absolute atomic E-state index is 0.0828. The highest BCUT2D eigenvalue weighted by molar-refractivity contribution is 5.91. The molecule has 0 bridgehead atoms. The Morgan fingerprint density at radius 1 is 1.26 bits per heavy atom. The predicted octanol–water partition coefficient (Wildman–Crippen LogP) is 2.21. The molecule has 1 aromatic carbocycles. The molecule has 0 saturated heterocycles. The van der Waals surface area contributed by atoms with Gasteiger partial charge in [-0.1, -0.05) is 24.3 Å². The summed E-state index contributed by atoms with van der Waals surface area (Å²) in [6, 6.07) is 7.22. The fourth-order valence-electron chi connectivity index (χ4n) is 2.05. The molecule has 0 radical (unpaired) electrons. The molecule has 0 unspecified atom stereocenters. The number of fused-ring (bicyclic) bond motifs is 1. The highest BCUT2D eigenvalue weighted by Gasteiger charge is 2.16. The van der Waals surface area contributed by atoms with Crippen molar-refractivity contribution in [3.05, 3.63) is 48.3 Å². The number of aromatic nitrogens is 2. The molecule has 120 valence electrons. The number of nitrogens with zero attached hydrogens (tertiary/aromatic N) is 3. The minimum atomic E-state index is -0.664. The number of benzene rings is 1. The van der Waals surface area contributed by atoms with Gasteiger partial charge in [-0.2, -0.15) is 0 Å². The van der Waals surface area contributed by atoms with E-state index in [0.29, 0.717) is 24.1 Å². The van der Waals surface area contributed by atoms with Gasteiger partial charge in [0.2, 0.25) is 0 Å². The summed E-state index contributed by atoms with van der Waals surface area (Å²) in [4.78, 5) is 34.0. The number of carbonyl (C=O) groups is 2. The van der Waals surface area contributed by atoms with Gasteiger partial charge in [-0.3, -0.25) is 9.78 Å². The zero-order chi connectivity index (χ0) is 16.8. The summed E-state index contributed by atoms with van der Waals surface area (Å²) in [5, 5.41) is 0. The van der Waals surface area contributed by atoms with Crippen LogP contribution in [0.1, 0.15) is 24.3 Å². The molecule has 1 amide bonds. The lowest BCUT2D eigenvalue weighted by molar-refractivity contribution is -0.133. The molecule has 0 aliphatic carbocycles. The first-order valence-corrected chi connectivity index (χ1v) is 7.32. The molecule has 1 aromatic heterocycles. The van der Waals surface area contributed by atoms with Crippen LogP contribution in [-0.2, 0) is 9.53 Å². The van der Waals surface area contributed by atoms with E-state index in [-0.39, 0.29) is 18.2 Å². The van der Waals surface area contributed by atoms with Crippen LogP contribution >= 0.6 is 0 Å². The van der Waals surface area contributed by atoms with Crippen LogP contribution in [0.2, 0.25) is 0 Å². The second kappa shape index (κ2) is 7.49. The minimum Gasteiger partial charge on any atom is -0.451 e. The molecule has 0 N–H and O–H groups in total. The maximum Gasteiger partial charge on any atom is 0.359 e. The molecule has 1 heterocycles. The van der Waals surface area contributed by atoms with Gasteiger partial charge < -0.3 is 9.64 Å². The van der Waals surface area contributed by atoms with Gasteiger partial charge in [-0.15, -0.1) is 0 Å². The number of hydrogen-bond donors (Lipinski definition) is 0. The molecule has 2 rings (SSSR count). The lowest BCUT2D eigenvalue weighted by Crippen LogP contribution is -2.35. The summed E-state index contributed by atoms with van der Waals surface area (Å²) in [5.74, 6) is -0.930. The Balaban J connectivity index is 2.00. The average molecular weight is 313 g/mol. The van der Waals surface area contributed by atoms with Crippen LogP contribution < -0.4 is 0 Å². The topological polar surface area (TPSA) is 72.4 Å². The average Bonchev–Trinajstić information content (AvgIpc) is 2.56. The molecular formula is C17H19N3O3. The zero-order valence-corrected chi connectivity index (χ0v) is 13.3. The summed E-state index contributed by atoms with van der Waals surface area (Å²) >= 11 is 0. The Labute approximate surface area is 134 Å². The molecule has 0 aliphatic heterocycles. The molecule has 0 fully saturated rings. The summed E-state index contributed by atoms with van der Waals surface area (Å²) in [6.45, 7) is 8.12. The largest absolute Gasteiger partial charge is 0.451 e. The number of amides is 1. The van der Waals surface area contributed by atoms with Crippen molar-refractivity contribution in [2.24, 2.45) is 0 Å². The van der Waals surface area contributed by atoms with Crippen LogP contribution in [-0.4, -0.2) is 46.4 Å². The number of esters is 1. The van der Waals surface area contributed by atoms with Gasteiger partial charge in [-0.25, -0.2) is 9.78 Å². The van der Waals surface area contributed by atoms with Crippen LogP contribution in [0.3, 0.4) is 0 Å². The Morgan fingerprint density at radius 2 is 1.96 bits per heavy atom. The highest BCUT2D eigenvalue weighted by Crippen LogP contribution is 2.09. The van der Waals surface area contributed by atoms with E-state index >= 15 is 0 Å². The van der Waals surface area contributed by atoms with E-state index in [1.165, 1.54) is 6.20 Å². The summed E-state index contributed by atoms with van der Waals surface area (Å²) in [5.41, 5.74) is 2.25. The lowest BCUT2D eigenvalue weighted by atomic mass is 10.3. The van der Waals surface area contributed by atoms with E-state index in [0.717, 1.165) is 5.57 Å². The number of ether oxygens (including phenoxy) is 1. The van der Waals surface area contributed by atoms with Crippen molar-refractivity contribution in [1.29, 1.82) is 0 Å². The van der Waals surface area contributed by atoms with E-state index in [9.17, 15) is 9.59 Å². The number of rotatable bonds is 6. The van der Waals surface area contributed by atoms with Gasteiger partial charge in [0.15, 0.2) is 12.3 Å². The van der Waals surface area contributed by atoms with E-state index in [4.69, 9.17) is 4.74 Å². The molecule has 23 heavy (non-hydrogen) atoms.